The van der Waals surface area contributed by atoms with Crippen molar-refractivity contribution >= 4 is 5.91 Å². The number of amides is 1. The van der Waals surface area contributed by atoms with Gasteiger partial charge in [-0.3, -0.25) is 14.6 Å². The van der Waals surface area contributed by atoms with E-state index in [4.69, 9.17) is 4.74 Å². The average molecular weight is 400 g/mol. The van der Waals surface area contributed by atoms with Crippen LogP contribution in [0, 0.1) is 5.82 Å². The van der Waals surface area contributed by atoms with E-state index in [2.05, 4.69) is 15.1 Å². The molecule has 29 heavy (non-hydrogen) atoms. The van der Waals surface area contributed by atoms with E-state index in [1.165, 1.54) is 6.07 Å². The van der Waals surface area contributed by atoms with E-state index >= 15 is 0 Å². The molecule has 1 fully saturated rings. The Morgan fingerprint density at radius 3 is 2.76 bits per heavy atom. The number of halogens is 1. The van der Waals surface area contributed by atoms with Gasteiger partial charge in [-0.2, -0.15) is 0 Å². The Hall–Kier alpha value is -2.44. The topological polar surface area (TPSA) is 44.8 Å². The van der Waals surface area contributed by atoms with Gasteiger partial charge in [-0.1, -0.05) is 30.3 Å². The molecule has 0 radical (unpaired) electrons. The predicted molar refractivity (Wildman–Crippen MR) is 112 cm³/mol. The van der Waals surface area contributed by atoms with Crippen molar-refractivity contribution in [1.29, 1.82) is 0 Å². The van der Waals surface area contributed by atoms with Crippen LogP contribution in [0.4, 0.5) is 4.39 Å². The first-order valence-electron chi connectivity index (χ1n) is 10.2. The molecule has 1 aliphatic rings. The monoisotopic (exact) mass is 399 g/mol. The number of carbonyl (C=O) groups excluding carboxylic acids is 1. The van der Waals surface area contributed by atoms with Crippen molar-refractivity contribution in [1.82, 2.24) is 15.1 Å². The van der Waals surface area contributed by atoms with E-state index in [0.29, 0.717) is 13.1 Å². The van der Waals surface area contributed by atoms with E-state index in [1.54, 1.807) is 13.2 Å². The summed E-state index contributed by atoms with van der Waals surface area (Å²) in [7, 11) is 1.63. The lowest BCUT2D eigenvalue weighted by atomic mass is 10.2. The number of nitrogens with zero attached hydrogens (tertiary/aromatic N) is 2. The van der Waals surface area contributed by atoms with Crippen LogP contribution in [-0.4, -0.2) is 55.0 Å². The third-order valence-electron chi connectivity index (χ3n) is 5.50. The summed E-state index contributed by atoms with van der Waals surface area (Å²) in [5.41, 5.74) is 1.74. The van der Waals surface area contributed by atoms with Crippen LogP contribution >= 0.6 is 0 Å². The summed E-state index contributed by atoms with van der Waals surface area (Å²) in [5, 5.41) is 3.03. The average Bonchev–Trinajstić information content (AvgIpc) is 2.99. The highest BCUT2D eigenvalue weighted by molar-refractivity contribution is 5.81. The van der Waals surface area contributed by atoms with Gasteiger partial charge in [0.25, 0.3) is 0 Å². The lowest BCUT2D eigenvalue weighted by molar-refractivity contribution is -0.126. The van der Waals surface area contributed by atoms with Gasteiger partial charge in [-0.15, -0.1) is 0 Å². The van der Waals surface area contributed by atoms with Crippen molar-refractivity contribution < 1.29 is 13.9 Å². The number of ether oxygens (including phenoxy) is 1. The Bertz CT molecular complexity index is 814. The zero-order chi connectivity index (χ0) is 20.6. The van der Waals surface area contributed by atoms with E-state index < -0.39 is 0 Å². The molecule has 0 spiro atoms. The minimum atomic E-state index is -0.200. The van der Waals surface area contributed by atoms with E-state index in [0.717, 1.165) is 49.5 Å². The van der Waals surface area contributed by atoms with Crippen LogP contribution in [0.5, 0.6) is 5.75 Å². The van der Waals surface area contributed by atoms with Crippen LogP contribution < -0.4 is 10.1 Å². The number of rotatable bonds is 7. The van der Waals surface area contributed by atoms with Crippen LogP contribution in [0.2, 0.25) is 0 Å². The maximum absolute atomic E-state index is 13.9. The molecule has 0 unspecified atom stereocenters. The Labute approximate surface area is 172 Å². The van der Waals surface area contributed by atoms with Gasteiger partial charge in [0.1, 0.15) is 11.6 Å². The summed E-state index contributed by atoms with van der Waals surface area (Å²) in [6.07, 6.45) is 0.960. The molecule has 1 atom stereocenters. The van der Waals surface area contributed by atoms with Gasteiger partial charge in [0, 0.05) is 38.3 Å². The zero-order valence-electron chi connectivity index (χ0n) is 17.2. The second kappa shape index (κ2) is 10.4. The fourth-order valence-electron chi connectivity index (χ4n) is 3.69. The number of nitrogens with one attached hydrogen (secondary N) is 1. The summed E-state index contributed by atoms with van der Waals surface area (Å²) < 4.78 is 19.2. The maximum atomic E-state index is 13.9. The molecule has 156 valence electrons. The molecule has 2 aromatic rings. The highest BCUT2D eigenvalue weighted by Gasteiger charge is 2.24. The van der Waals surface area contributed by atoms with Gasteiger partial charge < -0.3 is 10.1 Å². The molecule has 0 bridgehead atoms. The lowest BCUT2D eigenvalue weighted by Crippen LogP contribution is -2.46. The van der Waals surface area contributed by atoms with Crippen molar-refractivity contribution in [3.8, 4) is 5.75 Å². The molecule has 1 saturated heterocycles. The van der Waals surface area contributed by atoms with Crippen molar-refractivity contribution in [2.75, 3.05) is 33.3 Å². The number of hydrogen-bond donors (Lipinski definition) is 1. The van der Waals surface area contributed by atoms with Crippen molar-refractivity contribution in [3.63, 3.8) is 0 Å². The number of benzene rings is 2. The van der Waals surface area contributed by atoms with E-state index in [9.17, 15) is 9.18 Å². The molecule has 6 heteroatoms. The SMILES string of the molecule is COc1cccc(CNC(=O)[C@@H](C)N2CCCN(Cc3ccccc3F)CC2)c1. The summed E-state index contributed by atoms with van der Waals surface area (Å²) in [4.78, 5) is 17.1. The number of hydrogen-bond acceptors (Lipinski definition) is 4. The third-order valence-corrected chi connectivity index (χ3v) is 5.50. The van der Waals surface area contributed by atoms with Crippen LogP contribution in [0.1, 0.15) is 24.5 Å². The van der Waals surface area contributed by atoms with Gasteiger partial charge in [-0.25, -0.2) is 4.39 Å². The molecule has 0 aliphatic carbocycles. The molecular formula is C23H30FN3O2. The van der Waals surface area contributed by atoms with Crippen LogP contribution in [0.15, 0.2) is 48.5 Å². The molecule has 3 rings (SSSR count). The Balaban J connectivity index is 1.49. The second-order valence-corrected chi connectivity index (χ2v) is 7.50. The molecule has 1 amide bonds. The van der Waals surface area contributed by atoms with Gasteiger partial charge in [0.2, 0.25) is 5.91 Å². The smallest absolute Gasteiger partial charge is 0.237 e. The zero-order valence-corrected chi connectivity index (χ0v) is 17.2. The second-order valence-electron chi connectivity index (χ2n) is 7.50. The summed E-state index contributed by atoms with van der Waals surface area (Å²) in [5.74, 6) is 0.654. The number of methoxy groups -OCH3 is 1. The van der Waals surface area contributed by atoms with Gasteiger partial charge >= 0.3 is 0 Å². The first-order chi connectivity index (χ1) is 14.1. The Morgan fingerprint density at radius 1 is 1.14 bits per heavy atom. The summed E-state index contributed by atoms with van der Waals surface area (Å²) >= 11 is 0. The largest absolute Gasteiger partial charge is 0.497 e. The third kappa shape index (κ3) is 6.02. The first kappa shape index (κ1) is 21.3. The van der Waals surface area contributed by atoms with Gasteiger partial charge in [0.15, 0.2) is 0 Å². The Morgan fingerprint density at radius 2 is 1.97 bits per heavy atom. The summed E-state index contributed by atoms with van der Waals surface area (Å²) in [6.45, 7) is 6.42. The molecule has 1 aliphatic heterocycles. The molecule has 2 aromatic carbocycles. The normalized spacial score (nSPS) is 16.8. The fourth-order valence-corrected chi connectivity index (χ4v) is 3.69. The van der Waals surface area contributed by atoms with E-state index in [1.807, 2.05) is 43.3 Å². The van der Waals surface area contributed by atoms with Crippen molar-refractivity contribution in [2.24, 2.45) is 0 Å². The quantitative estimate of drug-likeness (QED) is 0.777. The molecule has 1 N–H and O–H groups in total. The minimum absolute atomic E-state index is 0.0235. The predicted octanol–water partition coefficient (Wildman–Crippen LogP) is 3.05. The molecule has 0 aromatic heterocycles. The molecule has 1 heterocycles. The number of carbonyl (C=O) groups is 1. The van der Waals surface area contributed by atoms with E-state index in [-0.39, 0.29) is 17.8 Å². The highest BCUT2D eigenvalue weighted by Crippen LogP contribution is 2.15. The standard InChI is InChI=1S/C23H30FN3O2/c1-18(23(28)25-16-19-7-5-9-21(15-19)29-2)27-12-6-11-26(13-14-27)17-20-8-3-4-10-22(20)24/h3-5,7-10,15,18H,6,11-14,16-17H2,1-2H3,(H,25,28)/t18-/m1/s1. The summed E-state index contributed by atoms with van der Waals surface area (Å²) in [6, 6.07) is 14.4. The van der Waals surface area contributed by atoms with Crippen molar-refractivity contribution in [3.05, 3.63) is 65.5 Å². The van der Waals surface area contributed by atoms with Gasteiger partial charge in [0.05, 0.1) is 13.2 Å². The maximum Gasteiger partial charge on any atom is 0.237 e. The molecule has 0 saturated carbocycles. The first-order valence-corrected chi connectivity index (χ1v) is 10.2. The minimum Gasteiger partial charge on any atom is -0.497 e. The molecule has 5 nitrogen and oxygen atoms in total. The molecular weight excluding hydrogens is 369 g/mol. The van der Waals surface area contributed by atoms with Crippen LogP contribution in [-0.2, 0) is 17.9 Å². The van der Waals surface area contributed by atoms with Crippen molar-refractivity contribution in [2.45, 2.75) is 32.5 Å². The van der Waals surface area contributed by atoms with Crippen LogP contribution in [0.25, 0.3) is 0 Å². The highest BCUT2D eigenvalue weighted by atomic mass is 19.1. The van der Waals surface area contributed by atoms with Gasteiger partial charge in [-0.05, 0) is 43.7 Å². The van der Waals surface area contributed by atoms with Crippen LogP contribution in [0.3, 0.4) is 0 Å². The Kier molecular flexibility index (Phi) is 7.61. The fraction of sp³-hybridized carbons (Fsp3) is 0.435. The lowest BCUT2D eigenvalue weighted by Gasteiger charge is -2.27.